The Morgan fingerprint density at radius 2 is 2.29 bits per heavy atom. The van der Waals surface area contributed by atoms with Gasteiger partial charge in [0.25, 0.3) is 0 Å². The number of methoxy groups -OCH3 is 1. The molecule has 0 aliphatic carbocycles. The molecule has 4 heterocycles. The molecule has 0 spiro atoms. The first-order chi connectivity index (χ1) is 13.2. The molecule has 0 radical (unpaired) electrons. The number of nitrogens with two attached hydrogens (primary N) is 1. The van der Waals surface area contributed by atoms with E-state index < -0.39 is 26.8 Å². The lowest BCUT2D eigenvalue weighted by Gasteiger charge is -2.37. The summed E-state index contributed by atoms with van der Waals surface area (Å²) in [6.45, 7) is 0.0608. The highest BCUT2D eigenvalue weighted by Gasteiger charge is 2.58. The lowest BCUT2D eigenvalue weighted by Crippen LogP contribution is -2.56. The number of thiophene rings is 1. The number of fused-ring (bicyclic) bond motifs is 1. The maximum atomic E-state index is 12.9. The van der Waals surface area contributed by atoms with Crippen molar-refractivity contribution in [2.45, 2.75) is 10.8 Å². The Morgan fingerprint density at radius 3 is 3.00 bits per heavy atom. The molecule has 2 aliphatic heterocycles. The van der Waals surface area contributed by atoms with Gasteiger partial charge in [-0.1, -0.05) is 11.6 Å². The molecule has 9 nitrogen and oxygen atoms in total. The fourth-order valence-corrected chi connectivity index (χ4v) is 6.83. The number of ether oxygens (including phenoxy) is 2. The third-order valence-electron chi connectivity index (χ3n) is 4.94. The average molecular weight is 445 g/mol. The molecule has 3 N–H and O–H groups in total. The van der Waals surface area contributed by atoms with Crippen LogP contribution in [0.1, 0.15) is 15.4 Å². The molecular formula is C16H17ClN4O5S2. The van der Waals surface area contributed by atoms with E-state index in [1.807, 2.05) is 0 Å². The summed E-state index contributed by atoms with van der Waals surface area (Å²) >= 11 is 7.78. The predicted molar refractivity (Wildman–Crippen MR) is 105 cm³/mol. The first-order valence-electron chi connectivity index (χ1n) is 8.19. The maximum Gasteiger partial charge on any atom is 0.354 e. The predicted octanol–water partition coefficient (Wildman–Crippen LogP) is 1.37. The fourth-order valence-electron chi connectivity index (χ4n) is 3.41. The standard InChI is InChI=1S/C16H17ClN4O5S2/c1-21-15(18)20-16(7-26-6-12(16)28(21,23)24)13-8(17)5-11(27-13)9-3-4-10(19-9)14(22)25-2/h3-5,12,19H,6-7H2,1-2H3,(H2,18,20)/t12?,16-/m0/s1. The van der Waals surface area contributed by atoms with Crippen molar-refractivity contribution in [3.8, 4) is 10.6 Å². The van der Waals surface area contributed by atoms with Crippen LogP contribution in [0.3, 0.4) is 0 Å². The lowest BCUT2D eigenvalue weighted by molar-refractivity contribution is 0.0595. The van der Waals surface area contributed by atoms with Crippen molar-refractivity contribution in [3.05, 3.63) is 33.8 Å². The Bertz CT molecular complexity index is 1090. The molecule has 0 saturated carbocycles. The molecule has 2 aromatic rings. The van der Waals surface area contributed by atoms with Crippen LogP contribution < -0.4 is 5.73 Å². The SMILES string of the molecule is COC(=O)c1ccc(-c2cc(Cl)c([C@]34COCC3S(=O)(=O)N(C)C(N)=N4)s2)[nH]1. The minimum atomic E-state index is -3.75. The number of sulfonamides is 1. The number of nitrogens with one attached hydrogen (secondary N) is 1. The molecule has 12 heteroatoms. The van der Waals surface area contributed by atoms with Crippen molar-refractivity contribution < 1.29 is 22.7 Å². The molecule has 150 valence electrons. The second-order valence-electron chi connectivity index (χ2n) is 6.48. The molecule has 4 rings (SSSR count). The van der Waals surface area contributed by atoms with Gasteiger partial charge in [0.15, 0.2) is 0 Å². The number of halogens is 1. The molecule has 0 bridgehead atoms. The third kappa shape index (κ3) is 2.65. The van der Waals surface area contributed by atoms with E-state index in [9.17, 15) is 13.2 Å². The summed E-state index contributed by atoms with van der Waals surface area (Å²) < 4.78 is 36.9. The van der Waals surface area contributed by atoms with Gasteiger partial charge in [-0.3, -0.25) is 0 Å². The lowest BCUT2D eigenvalue weighted by atomic mass is 9.96. The van der Waals surface area contributed by atoms with Crippen LogP contribution in [-0.2, 0) is 25.0 Å². The molecule has 0 amide bonds. The van der Waals surface area contributed by atoms with Crippen molar-refractivity contribution in [3.63, 3.8) is 0 Å². The number of rotatable bonds is 3. The summed E-state index contributed by atoms with van der Waals surface area (Å²) in [6, 6.07) is 5.03. The maximum absolute atomic E-state index is 12.9. The number of guanidine groups is 1. The van der Waals surface area contributed by atoms with E-state index in [0.717, 1.165) is 9.18 Å². The normalized spacial score (nSPS) is 26.0. The second-order valence-corrected chi connectivity index (χ2v) is 10.1. The van der Waals surface area contributed by atoms with E-state index in [1.54, 1.807) is 18.2 Å². The van der Waals surface area contributed by atoms with E-state index in [2.05, 4.69) is 9.98 Å². The van der Waals surface area contributed by atoms with Crippen LogP contribution >= 0.6 is 22.9 Å². The quantitative estimate of drug-likeness (QED) is 0.688. The van der Waals surface area contributed by atoms with Crippen molar-refractivity contribution in [2.75, 3.05) is 27.4 Å². The van der Waals surface area contributed by atoms with Gasteiger partial charge in [0.05, 0.1) is 40.8 Å². The Labute approximate surface area is 170 Å². The van der Waals surface area contributed by atoms with Crippen LogP contribution in [0.15, 0.2) is 23.2 Å². The highest BCUT2D eigenvalue weighted by atomic mass is 35.5. The number of esters is 1. The number of aliphatic imine (C=N–C) groups is 1. The molecule has 0 aromatic carbocycles. The summed E-state index contributed by atoms with van der Waals surface area (Å²) in [7, 11) is -1.08. The molecule has 1 fully saturated rings. The van der Waals surface area contributed by atoms with E-state index in [1.165, 1.54) is 25.5 Å². The molecular weight excluding hydrogens is 428 g/mol. The smallest absolute Gasteiger partial charge is 0.354 e. The summed E-state index contributed by atoms with van der Waals surface area (Å²) in [5.41, 5.74) is 5.65. The molecule has 2 atom stereocenters. The Balaban J connectivity index is 1.82. The van der Waals surface area contributed by atoms with Gasteiger partial charge in [0.1, 0.15) is 16.5 Å². The Morgan fingerprint density at radius 1 is 1.54 bits per heavy atom. The van der Waals surface area contributed by atoms with Gasteiger partial charge >= 0.3 is 5.97 Å². The summed E-state index contributed by atoms with van der Waals surface area (Å²) in [5.74, 6) is -0.601. The zero-order valence-electron chi connectivity index (χ0n) is 14.9. The Kier molecular flexibility index (Phi) is 4.45. The van der Waals surface area contributed by atoms with Gasteiger partial charge in [0.2, 0.25) is 16.0 Å². The molecule has 1 unspecified atom stereocenters. The van der Waals surface area contributed by atoms with Gasteiger partial charge in [-0.05, 0) is 18.2 Å². The van der Waals surface area contributed by atoms with Gasteiger partial charge in [-0.15, -0.1) is 11.3 Å². The fraction of sp³-hybridized carbons (Fsp3) is 0.375. The van der Waals surface area contributed by atoms with Crippen LogP contribution in [0, 0.1) is 0 Å². The van der Waals surface area contributed by atoms with Crippen LogP contribution in [0.25, 0.3) is 10.6 Å². The zero-order valence-corrected chi connectivity index (χ0v) is 17.3. The topological polar surface area (TPSA) is 127 Å². The number of hydrogen-bond donors (Lipinski definition) is 2. The van der Waals surface area contributed by atoms with Crippen molar-refractivity contribution in [2.24, 2.45) is 10.7 Å². The number of hydrogen-bond acceptors (Lipinski definition) is 8. The van der Waals surface area contributed by atoms with Gasteiger partial charge in [-0.25, -0.2) is 22.5 Å². The van der Waals surface area contributed by atoms with E-state index >= 15 is 0 Å². The van der Waals surface area contributed by atoms with E-state index in [-0.39, 0.29) is 19.2 Å². The van der Waals surface area contributed by atoms with Gasteiger partial charge in [0, 0.05) is 7.05 Å². The van der Waals surface area contributed by atoms with Crippen LogP contribution in [-0.4, -0.2) is 62.3 Å². The monoisotopic (exact) mass is 444 g/mol. The summed E-state index contributed by atoms with van der Waals surface area (Å²) in [4.78, 5) is 20.4. The summed E-state index contributed by atoms with van der Waals surface area (Å²) in [5, 5.41) is -0.559. The number of aromatic nitrogens is 1. The number of H-pyrrole nitrogens is 1. The van der Waals surface area contributed by atoms with Crippen molar-refractivity contribution in [1.29, 1.82) is 0 Å². The van der Waals surface area contributed by atoms with Crippen molar-refractivity contribution >= 4 is 44.9 Å². The number of nitrogens with zero attached hydrogens (tertiary/aromatic N) is 2. The van der Waals surface area contributed by atoms with E-state index in [0.29, 0.717) is 21.3 Å². The van der Waals surface area contributed by atoms with Crippen LogP contribution in [0.5, 0.6) is 0 Å². The highest BCUT2D eigenvalue weighted by molar-refractivity contribution is 7.90. The van der Waals surface area contributed by atoms with Crippen molar-refractivity contribution in [1.82, 2.24) is 9.29 Å². The minimum Gasteiger partial charge on any atom is -0.464 e. The first kappa shape index (κ1) is 19.2. The number of carbonyl (C=O) groups excluding carboxylic acids is 1. The second kappa shape index (κ2) is 6.48. The number of aromatic amines is 1. The van der Waals surface area contributed by atoms with Crippen LogP contribution in [0.4, 0.5) is 0 Å². The Hall–Kier alpha value is -2.08. The van der Waals surface area contributed by atoms with Gasteiger partial charge < -0.3 is 20.2 Å². The average Bonchev–Trinajstić information content (AvgIpc) is 3.37. The van der Waals surface area contributed by atoms with Gasteiger partial charge in [-0.2, -0.15) is 0 Å². The van der Waals surface area contributed by atoms with E-state index in [4.69, 9.17) is 26.8 Å². The summed E-state index contributed by atoms with van der Waals surface area (Å²) in [6.07, 6.45) is 0. The zero-order chi connectivity index (χ0) is 20.3. The first-order valence-corrected chi connectivity index (χ1v) is 10.9. The molecule has 2 aromatic heterocycles. The third-order valence-corrected chi connectivity index (χ3v) is 8.88. The minimum absolute atomic E-state index is 0.00199. The van der Waals surface area contributed by atoms with Crippen LogP contribution in [0.2, 0.25) is 5.02 Å². The largest absolute Gasteiger partial charge is 0.464 e. The highest BCUT2D eigenvalue weighted by Crippen LogP contribution is 2.49. The number of carbonyl (C=O) groups is 1. The molecule has 1 saturated heterocycles. The molecule has 2 aliphatic rings. The molecule has 28 heavy (non-hydrogen) atoms.